The Morgan fingerprint density at radius 2 is 2.11 bits per heavy atom. The second kappa shape index (κ2) is 5.82. The number of carbonyl (C=O) groups is 1. The average Bonchev–Trinajstić information content (AvgIpc) is 2.39. The molecule has 1 rings (SSSR count). The number of rotatable bonds is 5. The molecule has 0 aromatic heterocycles. The van der Waals surface area contributed by atoms with E-state index < -0.39 is 12.0 Å². The highest BCUT2D eigenvalue weighted by Crippen LogP contribution is 2.33. The smallest absolute Gasteiger partial charge is 0.327 e. The summed E-state index contributed by atoms with van der Waals surface area (Å²) in [5, 5.41) is 9.03. The van der Waals surface area contributed by atoms with Gasteiger partial charge >= 0.3 is 5.97 Å². The van der Waals surface area contributed by atoms with E-state index in [0.29, 0.717) is 17.2 Å². The van der Waals surface area contributed by atoms with E-state index in [1.165, 1.54) is 26.0 Å². The third-order valence-corrected chi connectivity index (χ3v) is 2.53. The molecule has 1 aromatic rings. The fraction of sp³-hybridized carbons (Fsp3) is 0.308. The molecule has 0 amide bonds. The van der Waals surface area contributed by atoms with Crippen molar-refractivity contribution in [2.45, 2.75) is 13.0 Å². The number of nitrogens with zero attached hydrogens (tertiary/aromatic N) is 1. The lowest BCUT2D eigenvalue weighted by Crippen LogP contribution is -2.35. The monoisotopic (exact) mass is 249 g/mol. The van der Waals surface area contributed by atoms with Crippen LogP contribution in [0.2, 0.25) is 0 Å². The summed E-state index contributed by atoms with van der Waals surface area (Å²) in [6.07, 6.45) is 5.37. The number of hydrogen-bond donors (Lipinski definition) is 1. The molecule has 1 atom stereocenters. The molecule has 0 spiro atoms. The van der Waals surface area contributed by atoms with Crippen molar-refractivity contribution in [3.8, 4) is 24.0 Å². The Kier molecular flexibility index (Phi) is 4.44. The maximum atomic E-state index is 11.0. The summed E-state index contributed by atoms with van der Waals surface area (Å²) in [4.78, 5) is 12.3. The van der Waals surface area contributed by atoms with Gasteiger partial charge in [0, 0.05) is 12.1 Å². The first-order chi connectivity index (χ1) is 8.54. The summed E-state index contributed by atoms with van der Waals surface area (Å²) < 4.78 is 10.3. The van der Waals surface area contributed by atoms with Crippen molar-refractivity contribution >= 4 is 11.7 Å². The zero-order valence-corrected chi connectivity index (χ0v) is 10.5. The minimum absolute atomic E-state index is 0.481. The molecule has 0 unspecified atom stereocenters. The molecule has 0 saturated heterocycles. The van der Waals surface area contributed by atoms with Gasteiger partial charge in [0.05, 0.1) is 19.9 Å². The van der Waals surface area contributed by atoms with E-state index in [1.54, 1.807) is 18.2 Å². The third-order valence-electron chi connectivity index (χ3n) is 2.53. The fourth-order valence-electron chi connectivity index (χ4n) is 1.49. The van der Waals surface area contributed by atoms with Gasteiger partial charge in [-0.05, 0) is 19.1 Å². The van der Waals surface area contributed by atoms with E-state index >= 15 is 0 Å². The van der Waals surface area contributed by atoms with Crippen molar-refractivity contribution < 1.29 is 19.4 Å². The van der Waals surface area contributed by atoms with Crippen LogP contribution in [0, 0.1) is 12.5 Å². The van der Waals surface area contributed by atoms with Gasteiger partial charge in [0.2, 0.25) is 0 Å². The van der Waals surface area contributed by atoms with Crippen LogP contribution < -0.4 is 14.4 Å². The van der Waals surface area contributed by atoms with E-state index in [2.05, 4.69) is 6.04 Å². The predicted octanol–water partition coefficient (Wildman–Crippen LogP) is 1.57. The minimum atomic E-state index is -1.02. The number of carboxylic acids is 1. The normalized spacial score (nSPS) is 11.2. The van der Waals surface area contributed by atoms with E-state index in [0.717, 1.165) is 0 Å². The average molecular weight is 249 g/mol. The van der Waals surface area contributed by atoms with Gasteiger partial charge < -0.3 is 14.6 Å². The second-order valence-electron chi connectivity index (χ2n) is 3.55. The lowest BCUT2D eigenvalue weighted by molar-refractivity contribution is -0.137. The Labute approximate surface area is 106 Å². The summed E-state index contributed by atoms with van der Waals surface area (Å²) in [7, 11) is 3.01. The van der Waals surface area contributed by atoms with E-state index in [1.807, 2.05) is 0 Å². The fourth-order valence-corrected chi connectivity index (χ4v) is 1.49. The highest BCUT2D eigenvalue weighted by atomic mass is 16.5. The summed E-state index contributed by atoms with van der Waals surface area (Å²) in [6.45, 7) is 1.50. The lowest BCUT2D eigenvalue weighted by Gasteiger charge is -2.24. The third kappa shape index (κ3) is 2.66. The highest BCUT2D eigenvalue weighted by Gasteiger charge is 2.22. The molecule has 0 aliphatic carbocycles. The number of terminal acetylenes is 1. The molecule has 1 aromatic carbocycles. The summed E-state index contributed by atoms with van der Waals surface area (Å²) in [5.74, 6) is 0.0447. The predicted molar refractivity (Wildman–Crippen MR) is 68.0 cm³/mol. The molecule has 5 heteroatoms. The van der Waals surface area contributed by atoms with Crippen LogP contribution in [0.4, 0.5) is 5.69 Å². The van der Waals surface area contributed by atoms with Crippen LogP contribution in [0.25, 0.3) is 0 Å². The molecule has 0 aliphatic heterocycles. The molecule has 0 fully saturated rings. The number of aliphatic carboxylic acids is 1. The maximum absolute atomic E-state index is 11.0. The van der Waals surface area contributed by atoms with Crippen molar-refractivity contribution in [2.24, 2.45) is 0 Å². The van der Waals surface area contributed by atoms with Gasteiger partial charge in [-0.25, -0.2) is 4.79 Å². The Hall–Kier alpha value is -2.35. The summed E-state index contributed by atoms with van der Waals surface area (Å²) >= 11 is 0. The summed E-state index contributed by atoms with van der Waals surface area (Å²) in [5.41, 5.74) is 0.481. The SMILES string of the molecule is C#CN(c1cc(OC)ccc1OC)[C@@H](C)C(=O)O. The van der Waals surface area contributed by atoms with Crippen molar-refractivity contribution in [3.63, 3.8) is 0 Å². The van der Waals surface area contributed by atoms with Crippen LogP contribution >= 0.6 is 0 Å². The van der Waals surface area contributed by atoms with E-state index in [-0.39, 0.29) is 0 Å². The lowest BCUT2D eigenvalue weighted by atomic mass is 10.2. The van der Waals surface area contributed by atoms with Gasteiger partial charge in [0.1, 0.15) is 17.5 Å². The second-order valence-corrected chi connectivity index (χ2v) is 3.55. The van der Waals surface area contributed by atoms with E-state index in [9.17, 15) is 4.79 Å². The molecule has 0 radical (unpaired) electrons. The Morgan fingerprint density at radius 1 is 1.44 bits per heavy atom. The van der Waals surface area contributed by atoms with Gasteiger partial charge in [0.15, 0.2) is 0 Å². The van der Waals surface area contributed by atoms with Gasteiger partial charge in [-0.15, -0.1) is 0 Å². The number of methoxy groups -OCH3 is 2. The number of benzene rings is 1. The van der Waals surface area contributed by atoms with Crippen LogP contribution in [-0.4, -0.2) is 31.3 Å². The largest absolute Gasteiger partial charge is 0.497 e. The van der Waals surface area contributed by atoms with Gasteiger partial charge in [-0.1, -0.05) is 6.42 Å². The van der Waals surface area contributed by atoms with Crippen LogP contribution in [0.3, 0.4) is 0 Å². The maximum Gasteiger partial charge on any atom is 0.327 e. The molecule has 96 valence electrons. The molecule has 0 saturated carbocycles. The first-order valence-corrected chi connectivity index (χ1v) is 5.25. The molecule has 18 heavy (non-hydrogen) atoms. The van der Waals surface area contributed by atoms with E-state index in [4.69, 9.17) is 21.0 Å². The molecular weight excluding hydrogens is 234 g/mol. The van der Waals surface area contributed by atoms with Crippen LogP contribution in [-0.2, 0) is 4.79 Å². The highest BCUT2D eigenvalue weighted by molar-refractivity contribution is 5.80. The first-order valence-electron chi connectivity index (χ1n) is 5.25. The quantitative estimate of drug-likeness (QED) is 0.634. The Balaban J connectivity index is 3.27. The molecule has 0 heterocycles. The topological polar surface area (TPSA) is 59.0 Å². The molecule has 0 bridgehead atoms. The van der Waals surface area contributed by atoms with Crippen LogP contribution in [0.15, 0.2) is 18.2 Å². The first kappa shape index (κ1) is 13.7. The molecular formula is C13H15NO4. The molecule has 0 aliphatic rings. The molecule has 1 N–H and O–H groups in total. The van der Waals surface area contributed by atoms with Crippen LogP contribution in [0.5, 0.6) is 11.5 Å². The zero-order chi connectivity index (χ0) is 13.7. The Morgan fingerprint density at radius 3 is 2.56 bits per heavy atom. The summed E-state index contributed by atoms with van der Waals surface area (Å²) in [6, 6.07) is 6.50. The Bertz CT molecular complexity index is 478. The van der Waals surface area contributed by atoms with Crippen molar-refractivity contribution in [2.75, 3.05) is 19.1 Å². The number of carboxylic acid groups (broad SMARTS) is 1. The standard InChI is InChI=1S/C13H15NO4/c1-5-14(9(2)13(15)16)11-8-10(17-3)6-7-12(11)18-4/h1,6-9H,2-4H3,(H,15,16)/t9-/m0/s1. The van der Waals surface area contributed by atoms with Crippen molar-refractivity contribution in [1.82, 2.24) is 0 Å². The van der Waals surface area contributed by atoms with Gasteiger partial charge in [-0.3, -0.25) is 4.90 Å². The van der Waals surface area contributed by atoms with Crippen molar-refractivity contribution in [3.05, 3.63) is 18.2 Å². The number of hydrogen-bond acceptors (Lipinski definition) is 4. The number of anilines is 1. The molecule has 5 nitrogen and oxygen atoms in total. The zero-order valence-electron chi connectivity index (χ0n) is 10.5. The van der Waals surface area contributed by atoms with Gasteiger partial charge in [-0.2, -0.15) is 0 Å². The number of ether oxygens (including phenoxy) is 2. The van der Waals surface area contributed by atoms with Gasteiger partial charge in [0.25, 0.3) is 0 Å². The van der Waals surface area contributed by atoms with Crippen LogP contribution in [0.1, 0.15) is 6.92 Å². The minimum Gasteiger partial charge on any atom is -0.497 e. The van der Waals surface area contributed by atoms with Crippen molar-refractivity contribution in [1.29, 1.82) is 0 Å².